The average Bonchev–Trinajstić information content (AvgIpc) is 3.19. The summed E-state index contributed by atoms with van der Waals surface area (Å²) in [7, 11) is 0. The van der Waals surface area contributed by atoms with Crippen molar-refractivity contribution in [2.24, 2.45) is 0 Å². The first-order chi connectivity index (χ1) is 16.5. The molecule has 180 valence electrons. The lowest BCUT2D eigenvalue weighted by Crippen LogP contribution is -2.32. The number of benzene rings is 2. The van der Waals surface area contributed by atoms with Gasteiger partial charge in [0, 0.05) is 30.2 Å². The summed E-state index contributed by atoms with van der Waals surface area (Å²) >= 11 is 5.97. The molecule has 1 aliphatic rings. The summed E-state index contributed by atoms with van der Waals surface area (Å²) in [5.74, 6) is -0.368. The molecular formula is C27H30ClNO5. The molecule has 34 heavy (non-hydrogen) atoms. The Kier molecular flexibility index (Phi) is 9.86. The van der Waals surface area contributed by atoms with Crippen LogP contribution in [0.5, 0.6) is 0 Å². The fourth-order valence-corrected chi connectivity index (χ4v) is 4.01. The number of carbonyl (C=O) groups is 3. The Bertz CT molecular complexity index is 1020. The number of halogens is 1. The fourth-order valence-electron chi connectivity index (χ4n) is 3.88. The number of rotatable bonds is 12. The minimum atomic E-state index is -0.370. The van der Waals surface area contributed by atoms with Crippen LogP contribution in [-0.4, -0.2) is 55.0 Å². The van der Waals surface area contributed by atoms with Gasteiger partial charge >= 0.3 is 5.97 Å². The number of amides is 1. The number of nitrogens with zero attached hydrogens (tertiary/aromatic N) is 1. The number of unbranched alkanes of at least 4 members (excludes halogenated alkanes) is 1. The third kappa shape index (κ3) is 7.54. The third-order valence-electron chi connectivity index (χ3n) is 5.63. The summed E-state index contributed by atoms with van der Waals surface area (Å²) < 4.78 is 10.1. The smallest absolute Gasteiger partial charge is 0.332 e. The van der Waals surface area contributed by atoms with Gasteiger partial charge < -0.3 is 14.4 Å². The van der Waals surface area contributed by atoms with E-state index in [0.29, 0.717) is 43.2 Å². The zero-order valence-corrected chi connectivity index (χ0v) is 20.1. The molecule has 2 aromatic carbocycles. The van der Waals surface area contributed by atoms with Gasteiger partial charge in [0.2, 0.25) is 5.91 Å². The van der Waals surface area contributed by atoms with Crippen molar-refractivity contribution in [3.8, 4) is 11.1 Å². The van der Waals surface area contributed by atoms with Gasteiger partial charge in [-0.1, -0.05) is 48.0 Å². The number of esters is 1. The zero-order valence-electron chi connectivity index (χ0n) is 19.4. The van der Waals surface area contributed by atoms with Gasteiger partial charge in [-0.3, -0.25) is 9.59 Å². The Labute approximate surface area is 205 Å². The highest BCUT2D eigenvalue weighted by molar-refractivity contribution is 6.30. The molecule has 0 aliphatic carbocycles. The van der Waals surface area contributed by atoms with Crippen LogP contribution in [0.15, 0.2) is 60.7 Å². The van der Waals surface area contributed by atoms with Gasteiger partial charge in [0.05, 0.1) is 12.6 Å². The van der Waals surface area contributed by atoms with Crippen molar-refractivity contribution in [3.05, 3.63) is 71.3 Å². The standard InChI is InChI=1S/C27H30ClNO5/c1-2-34-27(32)19-33-17-4-3-16-29-24(13-15-26(29)31)12-14-25(30)22-7-5-6-21(18-22)20-8-10-23(28)11-9-20/h5-12,14,18,24H,2-4,13,15-17,19H2,1H3/t24-/m0/s1. The highest BCUT2D eigenvalue weighted by Gasteiger charge is 2.28. The van der Waals surface area contributed by atoms with Crippen molar-refractivity contribution in [2.45, 2.75) is 38.6 Å². The van der Waals surface area contributed by atoms with Gasteiger partial charge in [0.15, 0.2) is 5.78 Å². The zero-order chi connectivity index (χ0) is 24.3. The van der Waals surface area contributed by atoms with Crippen LogP contribution in [0, 0.1) is 0 Å². The van der Waals surface area contributed by atoms with E-state index in [2.05, 4.69) is 0 Å². The van der Waals surface area contributed by atoms with E-state index in [1.54, 1.807) is 19.1 Å². The second-order valence-electron chi connectivity index (χ2n) is 8.07. The molecule has 0 N–H and O–H groups in total. The minimum absolute atomic E-state index is 0.0524. The molecule has 0 bridgehead atoms. The van der Waals surface area contributed by atoms with Crippen molar-refractivity contribution in [1.29, 1.82) is 0 Å². The normalized spacial score (nSPS) is 15.8. The van der Waals surface area contributed by atoms with Crippen LogP contribution in [0.3, 0.4) is 0 Å². The number of ether oxygens (including phenoxy) is 2. The molecule has 0 spiro atoms. The predicted octanol–water partition coefficient (Wildman–Crippen LogP) is 5.10. The monoisotopic (exact) mass is 483 g/mol. The highest BCUT2D eigenvalue weighted by Crippen LogP contribution is 2.24. The van der Waals surface area contributed by atoms with Crippen molar-refractivity contribution in [1.82, 2.24) is 4.90 Å². The summed E-state index contributed by atoms with van der Waals surface area (Å²) in [6, 6.07) is 14.9. The van der Waals surface area contributed by atoms with E-state index in [-0.39, 0.29) is 30.3 Å². The van der Waals surface area contributed by atoms with Crippen LogP contribution in [0.2, 0.25) is 5.02 Å². The molecule has 1 heterocycles. The largest absolute Gasteiger partial charge is 0.464 e. The Morgan fingerprint density at radius 1 is 1.12 bits per heavy atom. The van der Waals surface area contributed by atoms with E-state index in [0.717, 1.165) is 24.0 Å². The Hall–Kier alpha value is -2.96. The highest BCUT2D eigenvalue weighted by atomic mass is 35.5. The maximum atomic E-state index is 12.8. The van der Waals surface area contributed by atoms with Crippen LogP contribution in [0.25, 0.3) is 11.1 Å². The number of ketones is 1. The third-order valence-corrected chi connectivity index (χ3v) is 5.88. The second-order valence-corrected chi connectivity index (χ2v) is 8.51. The summed E-state index contributed by atoms with van der Waals surface area (Å²) in [6.07, 6.45) is 6.08. The van der Waals surface area contributed by atoms with E-state index in [1.807, 2.05) is 53.4 Å². The maximum absolute atomic E-state index is 12.8. The Morgan fingerprint density at radius 3 is 2.68 bits per heavy atom. The summed E-state index contributed by atoms with van der Waals surface area (Å²) in [5.41, 5.74) is 2.53. The van der Waals surface area contributed by atoms with Gasteiger partial charge in [0.25, 0.3) is 0 Å². The number of hydrogen-bond donors (Lipinski definition) is 0. The van der Waals surface area contributed by atoms with Gasteiger partial charge in [-0.25, -0.2) is 4.79 Å². The number of hydrogen-bond acceptors (Lipinski definition) is 5. The summed E-state index contributed by atoms with van der Waals surface area (Å²) in [6.45, 7) is 3.07. The number of carbonyl (C=O) groups excluding carboxylic acids is 3. The molecule has 1 amide bonds. The lowest BCUT2D eigenvalue weighted by Gasteiger charge is -2.22. The minimum Gasteiger partial charge on any atom is -0.464 e. The molecule has 0 aromatic heterocycles. The average molecular weight is 484 g/mol. The van der Waals surface area contributed by atoms with Crippen LogP contribution < -0.4 is 0 Å². The molecule has 0 unspecified atom stereocenters. The van der Waals surface area contributed by atoms with Crippen molar-refractivity contribution in [3.63, 3.8) is 0 Å². The lowest BCUT2D eigenvalue weighted by molar-refractivity contribution is -0.148. The van der Waals surface area contributed by atoms with Gasteiger partial charge in [0.1, 0.15) is 6.61 Å². The molecule has 1 fully saturated rings. The molecule has 0 radical (unpaired) electrons. The van der Waals surface area contributed by atoms with Crippen LogP contribution in [0.4, 0.5) is 0 Å². The maximum Gasteiger partial charge on any atom is 0.332 e. The van der Waals surface area contributed by atoms with E-state index < -0.39 is 0 Å². The molecule has 1 aliphatic heterocycles. The molecule has 6 nitrogen and oxygen atoms in total. The first kappa shape index (κ1) is 25.7. The van der Waals surface area contributed by atoms with Crippen molar-refractivity contribution in [2.75, 3.05) is 26.4 Å². The molecule has 1 saturated heterocycles. The number of allylic oxidation sites excluding steroid dienone is 1. The Morgan fingerprint density at radius 2 is 1.91 bits per heavy atom. The van der Waals surface area contributed by atoms with Gasteiger partial charge in [-0.2, -0.15) is 0 Å². The summed E-state index contributed by atoms with van der Waals surface area (Å²) in [4.78, 5) is 38.2. The van der Waals surface area contributed by atoms with Crippen LogP contribution in [0.1, 0.15) is 43.0 Å². The molecular weight excluding hydrogens is 454 g/mol. The first-order valence-electron chi connectivity index (χ1n) is 11.6. The molecule has 0 saturated carbocycles. The van der Waals surface area contributed by atoms with E-state index in [4.69, 9.17) is 21.1 Å². The SMILES string of the molecule is CCOC(=O)COCCCCN1C(=O)CC[C@@H]1C=CC(=O)c1cccc(-c2ccc(Cl)cc2)c1. The molecule has 1 atom stereocenters. The van der Waals surface area contributed by atoms with E-state index in [1.165, 1.54) is 0 Å². The van der Waals surface area contributed by atoms with Crippen LogP contribution >= 0.6 is 11.6 Å². The quantitative estimate of drug-likeness (QED) is 0.182. The van der Waals surface area contributed by atoms with Gasteiger partial charge in [-0.15, -0.1) is 0 Å². The molecule has 2 aromatic rings. The van der Waals surface area contributed by atoms with Crippen LogP contribution in [-0.2, 0) is 19.1 Å². The van der Waals surface area contributed by atoms with Gasteiger partial charge in [-0.05, 0) is 61.6 Å². The predicted molar refractivity (Wildman–Crippen MR) is 132 cm³/mol. The topological polar surface area (TPSA) is 72.9 Å². The Balaban J connectivity index is 1.51. The molecule has 3 rings (SSSR count). The van der Waals surface area contributed by atoms with E-state index in [9.17, 15) is 14.4 Å². The second kappa shape index (κ2) is 13.1. The van der Waals surface area contributed by atoms with E-state index >= 15 is 0 Å². The fraction of sp³-hybridized carbons (Fsp3) is 0.370. The first-order valence-corrected chi connectivity index (χ1v) is 12.0. The summed E-state index contributed by atoms with van der Waals surface area (Å²) in [5, 5.41) is 0.666. The lowest BCUT2D eigenvalue weighted by atomic mass is 10.0. The molecule has 7 heteroatoms. The number of likely N-dealkylation sites (tertiary alicyclic amines) is 1. The van der Waals surface area contributed by atoms with Crippen molar-refractivity contribution < 1.29 is 23.9 Å². The van der Waals surface area contributed by atoms with Crippen molar-refractivity contribution >= 4 is 29.3 Å².